The number of aromatic nitrogens is 2. The minimum Gasteiger partial charge on any atom is -0.342 e. The van der Waals surface area contributed by atoms with E-state index in [0.29, 0.717) is 5.92 Å². The van der Waals surface area contributed by atoms with Crippen LogP contribution in [0.3, 0.4) is 0 Å². The number of likely N-dealkylation sites (tertiary alicyclic amines) is 1. The Balaban J connectivity index is 1.33. The van der Waals surface area contributed by atoms with E-state index in [1.54, 1.807) is 29.4 Å². The first kappa shape index (κ1) is 18.4. The van der Waals surface area contributed by atoms with Crippen LogP contribution >= 0.6 is 23.1 Å². The van der Waals surface area contributed by atoms with Crippen LogP contribution in [0.1, 0.15) is 25.3 Å². The van der Waals surface area contributed by atoms with Gasteiger partial charge in [0.15, 0.2) is 0 Å². The van der Waals surface area contributed by atoms with Gasteiger partial charge < -0.3 is 4.90 Å². The van der Waals surface area contributed by atoms with Crippen molar-refractivity contribution in [3.8, 4) is 0 Å². The van der Waals surface area contributed by atoms with E-state index in [1.165, 1.54) is 5.56 Å². The number of carbonyl (C=O) groups is 1. The second-order valence-corrected chi connectivity index (χ2v) is 9.28. The molecule has 0 bridgehead atoms. The molecule has 1 unspecified atom stereocenters. The number of nitrogens with zero attached hydrogens (tertiary/aromatic N) is 3. The average Bonchev–Trinajstić information content (AvgIpc) is 3.19. The molecule has 4 rings (SSSR count). The van der Waals surface area contributed by atoms with Crippen molar-refractivity contribution in [3.63, 3.8) is 0 Å². The number of rotatable bonds is 5. The van der Waals surface area contributed by atoms with Gasteiger partial charge in [-0.05, 0) is 49.1 Å². The molecule has 0 spiro atoms. The zero-order valence-electron chi connectivity index (χ0n) is 15.4. The van der Waals surface area contributed by atoms with Gasteiger partial charge in [-0.15, -0.1) is 11.3 Å². The van der Waals surface area contributed by atoms with Gasteiger partial charge in [-0.1, -0.05) is 42.1 Å². The summed E-state index contributed by atoms with van der Waals surface area (Å²) in [6, 6.07) is 12.7. The molecule has 1 saturated heterocycles. The fourth-order valence-electron chi connectivity index (χ4n) is 3.63. The highest BCUT2D eigenvalue weighted by Crippen LogP contribution is 2.32. The second kappa shape index (κ2) is 8.40. The summed E-state index contributed by atoms with van der Waals surface area (Å²) in [5.74, 6) is 0.897. The molecule has 1 atom stereocenters. The summed E-state index contributed by atoms with van der Waals surface area (Å²) in [4.78, 5) is 23.6. The maximum absolute atomic E-state index is 12.9. The number of thioether (sulfide) groups is 1. The van der Waals surface area contributed by atoms with Gasteiger partial charge in [-0.2, -0.15) is 0 Å². The zero-order chi connectivity index (χ0) is 18.6. The fourth-order valence-corrected chi connectivity index (χ4v) is 5.55. The zero-order valence-corrected chi connectivity index (χ0v) is 17.0. The van der Waals surface area contributed by atoms with Crippen molar-refractivity contribution < 1.29 is 4.79 Å². The van der Waals surface area contributed by atoms with Crippen LogP contribution in [-0.4, -0.2) is 39.1 Å². The maximum Gasteiger partial charge on any atom is 0.235 e. The van der Waals surface area contributed by atoms with Gasteiger partial charge in [0, 0.05) is 13.1 Å². The topological polar surface area (TPSA) is 46.1 Å². The molecule has 140 valence electrons. The molecular formula is C21H23N3OS2. The summed E-state index contributed by atoms with van der Waals surface area (Å²) in [6.45, 7) is 3.71. The number of hydrogen-bond donors (Lipinski definition) is 0. The van der Waals surface area contributed by atoms with Gasteiger partial charge in [-0.3, -0.25) is 4.79 Å². The van der Waals surface area contributed by atoms with Gasteiger partial charge in [0.2, 0.25) is 5.91 Å². The van der Waals surface area contributed by atoms with Gasteiger partial charge in [0.25, 0.3) is 0 Å². The number of amides is 1. The largest absolute Gasteiger partial charge is 0.342 e. The Morgan fingerprint density at radius 3 is 2.78 bits per heavy atom. The van der Waals surface area contributed by atoms with Crippen LogP contribution < -0.4 is 0 Å². The van der Waals surface area contributed by atoms with Crippen molar-refractivity contribution in [1.29, 1.82) is 0 Å². The molecular weight excluding hydrogens is 374 g/mol. The lowest BCUT2D eigenvalue weighted by Crippen LogP contribution is -2.42. The van der Waals surface area contributed by atoms with Gasteiger partial charge >= 0.3 is 0 Å². The van der Waals surface area contributed by atoms with E-state index in [-0.39, 0.29) is 11.2 Å². The van der Waals surface area contributed by atoms with Crippen LogP contribution in [0, 0.1) is 5.92 Å². The van der Waals surface area contributed by atoms with E-state index < -0.39 is 0 Å². The number of piperidine rings is 1. The van der Waals surface area contributed by atoms with Crippen LogP contribution in [0.2, 0.25) is 0 Å². The Kier molecular flexibility index (Phi) is 5.74. The van der Waals surface area contributed by atoms with Crippen molar-refractivity contribution in [3.05, 3.63) is 53.7 Å². The van der Waals surface area contributed by atoms with Crippen molar-refractivity contribution in [2.75, 3.05) is 13.1 Å². The molecule has 2 aromatic heterocycles. The minimum atomic E-state index is -0.129. The molecule has 0 saturated carbocycles. The molecule has 0 radical (unpaired) electrons. The summed E-state index contributed by atoms with van der Waals surface area (Å²) in [6.07, 6.45) is 4.87. The third-order valence-electron chi connectivity index (χ3n) is 5.14. The highest BCUT2D eigenvalue weighted by molar-refractivity contribution is 8.00. The molecule has 1 amide bonds. The molecule has 0 aliphatic carbocycles. The van der Waals surface area contributed by atoms with Crippen molar-refractivity contribution in [2.45, 2.75) is 36.5 Å². The van der Waals surface area contributed by atoms with Gasteiger partial charge in [0.1, 0.15) is 11.4 Å². The van der Waals surface area contributed by atoms with Crippen LogP contribution in [0.15, 0.2) is 53.1 Å². The summed E-state index contributed by atoms with van der Waals surface area (Å²) < 4.78 is 1.07. The lowest BCUT2D eigenvalue weighted by Gasteiger charge is -2.33. The lowest BCUT2D eigenvalue weighted by atomic mass is 9.90. The quantitative estimate of drug-likeness (QED) is 0.464. The molecule has 27 heavy (non-hydrogen) atoms. The van der Waals surface area contributed by atoms with E-state index in [0.717, 1.165) is 47.6 Å². The standard InChI is InChI=1S/C21H23N3OS2/c1-15(27-20-19-18(9-12-26-19)22-14-23-20)21(25)24-10-7-17(8-11-24)13-16-5-3-2-4-6-16/h2-6,9,12,14-15,17H,7-8,10-11,13H2,1H3. The molecule has 1 fully saturated rings. The average molecular weight is 398 g/mol. The van der Waals surface area contributed by atoms with Crippen LogP contribution in [0.25, 0.3) is 10.2 Å². The third kappa shape index (κ3) is 4.33. The second-order valence-electron chi connectivity index (χ2n) is 7.03. The summed E-state index contributed by atoms with van der Waals surface area (Å²) >= 11 is 3.18. The number of hydrogen-bond acceptors (Lipinski definition) is 5. The maximum atomic E-state index is 12.9. The number of thiophene rings is 1. The minimum absolute atomic E-state index is 0.129. The van der Waals surface area contributed by atoms with Gasteiger partial charge in [0.05, 0.1) is 15.5 Å². The summed E-state index contributed by atoms with van der Waals surface area (Å²) in [5, 5.41) is 2.80. The number of carbonyl (C=O) groups excluding carboxylic acids is 1. The normalized spacial score (nSPS) is 16.6. The smallest absolute Gasteiger partial charge is 0.235 e. The Hall–Kier alpha value is -1.92. The third-order valence-corrected chi connectivity index (χ3v) is 7.27. The first-order valence-electron chi connectivity index (χ1n) is 9.38. The van der Waals surface area contributed by atoms with Crippen molar-refractivity contribution in [1.82, 2.24) is 14.9 Å². The number of fused-ring (bicyclic) bond motifs is 1. The van der Waals surface area contributed by atoms with E-state index in [2.05, 4.69) is 40.3 Å². The Morgan fingerprint density at radius 2 is 2.00 bits per heavy atom. The monoisotopic (exact) mass is 397 g/mol. The Labute approximate surface area is 168 Å². The van der Waals surface area contributed by atoms with Crippen molar-refractivity contribution in [2.24, 2.45) is 5.92 Å². The molecule has 4 nitrogen and oxygen atoms in total. The van der Waals surface area contributed by atoms with E-state index in [4.69, 9.17) is 0 Å². The first-order valence-corrected chi connectivity index (χ1v) is 11.1. The SMILES string of the molecule is CC(Sc1ncnc2ccsc12)C(=O)N1CCC(Cc2ccccc2)CC1. The summed E-state index contributed by atoms with van der Waals surface area (Å²) in [5.41, 5.74) is 2.36. The molecule has 6 heteroatoms. The Bertz CT molecular complexity index is 904. The van der Waals surface area contributed by atoms with Crippen LogP contribution in [0.5, 0.6) is 0 Å². The fraction of sp³-hybridized carbons (Fsp3) is 0.381. The summed E-state index contributed by atoms with van der Waals surface area (Å²) in [7, 11) is 0. The molecule has 1 aliphatic heterocycles. The predicted octanol–water partition coefficient (Wildman–Crippen LogP) is 4.65. The van der Waals surface area contributed by atoms with Crippen LogP contribution in [0.4, 0.5) is 0 Å². The van der Waals surface area contributed by atoms with Crippen molar-refractivity contribution >= 4 is 39.2 Å². The van der Waals surface area contributed by atoms with Gasteiger partial charge in [-0.25, -0.2) is 9.97 Å². The van der Waals surface area contributed by atoms with E-state index in [1.807, 2.05) is 23.3 Å². The molecule has 1 aliphatic rings. The number of benzene rings is 1. The van der Waals surface area contributed by atoms with Crippen LogP contribution in [-0.2, 0) is 11.2 Å². The Morgan fingerprint density at radius 1 is 1.22 bits per heavy atom. The predicted molar refractivity (Wildman–Crippen MR) is 112 cm³/mol. The highest BCUT2D eigenvalue weighted by atomic mass is 32.2. The lowest BCUT2D eigenvalue weighted by molar-refractivity contribution is -0.131. The highest BCUT2D eigenvalue weighted by Gasteiger charge is 2.27. The van der Waals surface area contributed by atoms with E-state index >= 15 is 0 Å². The molecule has 3 aromatic rings. The first-order chi connectivity index (χ1) is 13.2. The van der Waals surface area contributed by atoms with E-state index in [9.17, 15) is 4.79 Å². The molecule has 1 aromatic carbocycles. The molecule has 3 heterocycles. The molecule has 0 N–H and O–H groups in total.